The molecule has 2 amide bonds. The zero-order valence-corrected chi connectivity index (χ0v) is 23.8. The summed E-state index contributed by atoms with van der Waals surface area (Å²) in [5.41, 5.74) is 6.80. The number of nitrogens with one attached hydrogen (secondary N) is 1. The number of aromatic nitrogens is 4. The minimum Gasteiger partial charge on any atom is -0.496 e. The summed E-state index contributed by atoms with van der Waals surface area (Å²) in [7, 11) is 1.44. The van der Waals surface area contributed by atoms with Crippen molar-refractivity contribution in [2.45, 2.75) is 51.2 Å². The van der Waals surface area contributed by atoms with E-state index in [4.69, 9.17) is 15.5 Å². The van der Waals surface area contributed by atoms with Gasteiger partial charge in [0.2, 0.25) is 5.91 Å². The number of ether oxygens (including phenoxy) is 1. The summed E-state index contributed by atoms with van der Waals surface area (Å²) in [5, 5.41) is 2.41. The summed E-state index contributed by atoms with van der Waals surface area (Å²) in [6.07, 6.45) is 2.36. The van der Waals surface area contributed by atoms with E-state index < -0.39 is 17.6 Å². The van der Waals surface area contributed by atoms with Gasteiger partial charge in [0.25, 0.3) is 5.91 Å². The van der Waals surface area contributed by atoms with Gasteiger partial charge in [-0.15, -0.1) is 0 Å². The molecule has 13 heteroatoms. The molecular formula is C30H30F3N7O3. The number of benzene rings is 1. The van der Waals surface area contributed by atoms with Gasteiger partial charge in [0.15, 0.2) is 0 Å². The lowest BCUT2D eigenvalue weighted by molar-refractivity contribution is -0.138. The number of alkyl halides is 3. The summed E-state index contributed by atoms with van der Waals surface area (Å²) >= 11 is 0. The molecule has 2 aliphatic heterocycles. The van der Waals surface area contributed by atoms with Crippen molar-refractivity contribution in [1.29, 1.82) is 0 Å². The Morgan fingerprint density at radius 1 is 1.14 bits per heavy atom. The van der Waals surface area contributed by atoms with Crippen LogP contribution in [0, 0.1) is 5.41 Å². The van der Waals surface area contributed by atoms with Crippen LogP contribution in [0.15, 0.2) is 48.9 Å². The van der Waals surface area contributed by atoms with Gasteiger partial charge in [-0.1, -0.05) is 13.8 Å². The van der Waals surface area contributed by atoms with Crippen molar-refractivity contribution in [3.63, 3.8) is 0 Å². The number of halogens is 3. The molecule has 2 aliphatic rings. The number of hydrogen-bond acceptors (Lipinski definition) is 7. The fraction of sp³-hybridized carbons (Fsp3) is 0.367. The molecule has 2 unspecified atom stereocenters. The number of imidazole rings is 1. The highest BCUT2D eigenvalue weighted by Gasteiger charge is 2.48. The zero-order chi connectivity index (χ0) is 30.7. The summed E-state index contributed by atoms with van der Waals surface area (Å²) in [4.78, 5) is 41.1. The average molecular weight is 594 g/mol. The zero-order valence-electron chi connectivity index (χ0n) is 23.8. The van der Waals surface area contributed by atoms with Crippen molar-refractivity contribution in [2.24, 2.45) is 5.41 Å². The molecule has 4 aromatic rings. The Kier molecular flexibility index (Phi) is 6.78. The smallest absolute Gasteiger partial charge is 0.416 e. The first-order chi connectivity index (χ1) is 20.4. The van der Waals surface area contributed by atoms with Gasteiger partial charge in [0.05, 0.1) is 12.7 Å². The topological polar surface area (TPSA) is 128 Å². The molecule has 3 aromatic heterocycles. The molecule has 43 heavy (non-hydrogen) atoms. The molecule has 10 nitrogen and oxygen atoms in total. The summed E-state index contributed by atoms with van der Waals surface area (Å²) in [5.74, 6) is 0.523. The Hall–Kier alpha value is -4.68. The van der Waals surface area contributed by atoms with Gasteiger partial charge in [-0.05, 0) is 49.6 Å². The normalized spacial score (nSPS) is 19.9. The van der Waals surface area contributed by atoms with Crippen LogP contribution in [0.3, 0.4) is 0 Å². The molecule has 3 N–H and O–H groups in total. The number of methoxy groups -OCH3 is 1. The van der Waals surface area contributed by atoms with E-state index in [1.807, 2.05) is 23.1 Å². The highest BCUT2D eigenvalue weighted by molar-refractivity contribution is 6.04. The van der Waals surface area contributed by atoms with Crippen LogP contribution in [0.5, 0.6) is 5.75 Å². The van der Waals surface area contributed by atoms with Gasteiger partial charge < -0.3 is 20.7 Å². The molecule has 0 bridgehead atoms. The molecule has 2 saturated heterocycles. The Morgan fingerprint density at radius 2 is 1.93 bits per heavy atom. The molecule has 224 valence electrons. The van der Waals surface area contributed by atoms with Gasteiger partial charge in [-0.25, -0.2) is 15.0 Å². The Balaban J connectivity index is 1.34. The predicted molar refractivity (Wildman–Crippen MR) is 152 cm³/mol. The average Bonchev–Trinajstić information content (AvgIpc) is 3.47. The van der Waals surface area contributed by atoms with Crippen molar-refractivity contribution in [3.05, 3.63) is 65.9 Å². The molecule has 0 radical (unpaired) electrons. The number of rotatable bonds is 5. The summed E-state index contributed by atoms with van der Waals surface area (Å²) < 4.78 is 46.8. The first kappa shape index (κ1) is 28.4. The largest absolute Gasteiger partial charge is 0.496 e. The van der Waals surface area contributed by atoms with E-state index >= 15 is 0 Å². The minimum atomic E-state index is -4.57. The third-order valence-corrected chi connectivity index (χ3v) is 8.32. The van der Waals surface area contributed by atoms with Crippen LogP contribution in [0.2, 0.25) is 0 Å². The molecule has 6 rings (SSSR count). The van der Waals surface area contributed by atoms with E-state index in [0.29, 0.717) is 29.1 Å². The van der Waals surface area contributed by atoms with Crippen molar-refractivity contribution >= 4 is 29.0 Å². The van der Waals surface area contributed by atoms with Crippen molar-refractivity contribution in [1.82, 2.24) is 24.3 Å². The second kappa shape index (κ2) is 10.2. The lowest BCUT2D eigenvalue weighted by Gasteiger charge is -2.34. The molecule has 2 fully saturated rings. The number of piperidine rings is 1. The number of pyridine rings is 1. The Morgan fingerprint density at radius 3 is 2.67 bits per heavy atom. The second-order valence-corrected chi connectivity index (χ2v) is 11.6. The fourth-order valence-corrected chi connectivity index (χ4v) is 6.22. The highest BCUT2D eigenvalue weighted by Crippen LogP contribution is 2.44. The van der Waals surface area contributed by atoms with Crippen LogP contribution in [-0.4, -0.2) is 55.8 Å². The third-order valence-electron chi connectivity index (χ3n) is 8.32. The number of nitrogens with two attached hydrogens (primary N) is 1. The highest BCUT2D eigenvalue weighted by atomic mass is 19.4. The summed E-state index contributed by atoms with van der Waals surface area (Å²) in [6, 6.07) is 6.46. The number of nitrogen functional groups attached to an aromatic ring is 1. The maximum absolute atomic E-state index is 13.1. The van der Waals surface area contributed by atoms with E-state index in [1.54, 1.807) is 18.5 Å². The number of anilines is 2. The van der Waals surface area contributed by atoms with E-state index in [1.165, 1.54) is 19.2 Å². The molecule has 0 spiro atoms. The van der Waals surface area contributed by atoms with Gasteiger partial charge >= 0.3 is 6.18 Å². The monoisotopic (exact) mass is 593 g/mol. The van der Waals surface area contributed by atoms with E-state index in [9.17, 15) is 22.8 Å². The maximum atomic E-state index is 13.1. The van der Waals surface area contributed by atoms with Crippen LogP contribution in [0.25, 0.3) is 16.8 Å². The van der Waals surface area contributed by atoms with Crippen molar-refractivity contribution in [2.75, 3.05) is 24.7 Å². The van der Waals surface area contributed by atoms with Gasteiger partial charge in [0, 0.05) is 53.6 Å². The fourth-order valence-electron chi connectivity index (χ4n) is 6.22. The number of carbonyl (C=O) groups is 2. The van der Waals surface area contributed by atoms with E-state index in [2.05, 4.69) is 15.3 Å². The maximum Gasteiger partial charge on any atom is 0.416 e. The molecule has 0 saturated carbocycles. The van der Waals surface area contributed by atoms with Gasteiger partial charge in [0.1, 0.15) is 34.4 Å². The molecule has 5 heterocycles. The number of fused-ring (bicyclic) bond motifs is 2. The first-order valence-corrected chi connectivity index (χ1v) is 13.8. The van der Waals surface area contributed by atoms with E-state index in [0.717, 1.165) is 43.4 Å². The number of nitrogens with zero attached hydrogens (tertiary/aromatic N) is 5. The van der Waals surface area contributed by atoms with Crippen LogP contribution in [-0.2, 0) is 11.0 Å². The Bertz CT molecular complexity index is 1750. The lowest BCUT2D eigenvalue weighted by atomic mass is 9.87. The van der Waals surface area contributed by atoms with Gasteiger partial charge in [-0.3, -0.25) is 14.0 Å². The van der Waals surface area contributed by atoms with Crippen LogP contribution >= 0.6 is 0 Å². The van der Waals surface area contributed by atoms with Crippen LogP contribution in [0.1, 0.15) is 60.8 Å². The number of amides is 2. The third kappa shape index (κ3) is 5.02. The molecular weight excluding hydrogens is 563 g/mol. The van der Waals surface area contributed by atoms with Crippen molar-refractivity contribution < 1.29 is 27.5 Å². The van der Waals surface area contributed by atoms with Crippen LogP contribution in [0.4, 0.5) is 24.8 Å². The standard InChI is InChI=1S/C30H30F3N7O3/c1-29(2)14-19-6-4-17(15-40(19)28(29)42)26-38-23(24-25(34)36-10-11-39(24)26)20-7-5-16(12-21(20)43-3)27(41)37-22-13-18(8-9-35-22)30(31,32)33/h5,7-13,17,19H,4,6,14-15H2,1-3H3,(H2,34,36)(H,35,37,41). The Labute approximate surface area is 245 Å². The lowest BCUT2D eigenvalue weighted by Crippen LogP contribution is -2.42. The number of carbonyl (C=O) groups excluding carboxylic acids is 2. The van der Waals surface area contributed by atoms with Crippen molar-refractivity contribution in [3.8, 4) is 17.0 Å². The first-order valence-electron chi connectivity index (χ1n) is 13.8. The molecule has 0 aliphatic carbocycles. The number of hydrogen-bond donors (Lipinski definition) is 2. The minimum absolute atomic E-state index is 0.0341. The van der Waals surface area contributed by atoms with E-state index in [-0.39, 0.29) is 40.5 Å². The quantitative estimate of drug-likeness (QED) is 0.327. The predicted octanol–water partition coefficient (Wildman–Crippen LogP) is 5.16. The van der Waals surface area contributed by atoms with Crippen LogP contribution < -0.4 is 15.8 Å². The second-order valence-electron chi connectivity index (χ2n) is 11.6. The molecule has 1 aromatic carbocycles. The SMILES string of the molecule is COc1cc(C(=O)Nc2cc(C(F)(F)F)ccn2)ccc1-c1nc(C2CCC3CC(C)(C)C(=O)N3C2)n2ccnc(N)c12. The summed E-state index contributed by atoms with van der Waals surface area (Å²) in [6.45, 7) is 4.53. The molecule has 2 atom stereocenters. The van der Waals surface area contributed by atoms with Gasteiger partial charge in [-0.2, -0.15) is 13.2 Å².